The van der Waals surface area contributed by atoms with Crippen LogP contribution in [0.2, 0.25) is 0 Å². The van der Waals surface area contributed by atoms with Crippen molar-refractivity contribution in [1.82, 2.24) is 14.5 Å². The maximum atomic E-state index is 15.4. The van der Waals surface area contributed by atoms with E-state index < -0.39 is 22.8 Å². The van der Waals surface area contributed by atoms with Gasteiger partial charge in [-0.05, 0) is 13.0 Å². The predicted octanol–water partition coefficient (Wildman–Crippen LogP) is 2.44. The van der Waals surface area contributed by atoms with E-state index in [2.05, 4.69) is 16.5 Å². The van der Waals surface area contributed by atoms with E-state index in [0.717, 1.165) is 6.07 Å². The van der Waals surface area contributed by atoms with Gasteiger partial charge in [0.05, 0.1) is 22.5 Å². The van der Waals surface area contributed by atoms with E-state index in [9.17, 15) is 19.8 Å². The number of halogens is 1. The Balaban J connectivity index is 1.50. The molecule has 0 amide bonds. The van der Waals surface area contributed by atoms with Gasteiger partial charge < -0.3 is 29.3 Å². The lowest BCUT2D eigenvalue weighted by atomic mass is 10.1. The van der Waals surface area contributed by atoms with Crippen molar-refractivity contribution in [2.24, 2.45) is 0 Å². The van der Waals surface area contributed by atoms with Crippen LogP contribution in [0.5, 0.6) is 5.75 Å². The fourth-order valence-corrected chi connectivity index (χ4v) is 4.42. The van der Waals surface area contributed by atoms with Gasteiger partial charge in [-0.25, -0.2) is 19.2 Å². The van der Waals surface area contributed by atoms with E-state index >= 15 is 4.39 Å². The summed E-state index contributed by atoms with van der Waals surface area (Å²) in [5.41, 5.74) is -0.0510. The van der Waals surface area contributed by atoms with Gasteiger partial charge in [0.15, 0.2) is 11.6 Å². The van der Waals surface area contributed by atoms with Gasteiger partial charge in [-0.15, -0.1) is 0 Å². The average molecular weight is 467 g/mol. The lowest BCUT2D eigenvalue weighted by molar-refractivity contribution is 0.0694. The Morgan fingerprint density at radius 1 is 1.18 bits per heavy atom. The van der Waals surface area contributed by atoms with Crippen LogP contribution in [0.3, 0.4) is 0 Å². The number of pyridine rings is 1. The quantitative estimate of drug-likeness (QED) is 0.557. The number of aromatic nitrogens is 3. The van der Waals surface area contributed by atoms with Crippen LogP contribution in [0.25, 0.3) is 16.7 Å². The van der Waals surface area contributed by atoms with Gasteiger partial charge in [0.25, 0.3) is 0 Å². The minimum Gasteiger partial charge on any atom is -0.508 e. The van der Waals surface area contributed by atoms with Crippen molar-refractivity contribution in [2.45, 2.75) is 13.0 Å². The van der Waals surface area contributed by atoms with Crippen LogP contribution < -0.4 is 20.0 Å². The van der Waals surface area contributed by atoms with E-state index in [1.165, 1.54) is 18.6 Å². The van der Waals surface area contributed by atoms with Crippen LogP contribution in [-0.4, -0.2) is 63.5 Å². The van der Waals surface area contributed by atoms with Crippen molar-refractivity contribution < 1.29 is 24.1 Å². The molecule has 2 aliphatic rings. The lowest BCUT2D eigenvalue weighted by Crippen LogP contribution is -2.47. The Morgan fingerprint density at radius 3 is 2.44 bits per heavy atom. The summed E-state index contributed by atoms with van der Waals surface area (Å²) < 4.78 is 23.0. The molecule has 2 aromatic heterocycles. The summed E-state index contributed by atoms with van der Waals surface area (Å²) in [6.07, 6.45) is 4.29. The number of carboxylic acids is 1. The molecule has 176 valence electrons. The molecule has 0 unspecified atom stereocenters. The molecule has 1 aromatic carbocycles. The SMILES string of the molecule is C=C(O)c1cnc(N2CCN(c3c(F)cc4c(=O)c(C(=O)O)cn5c4c3OC[C@@H]5C)CC2)nc1. The number of hydrogen-bond donors (Lipinski definition) is 2. The third-order valence-corrected chi connectivity index (χ3v) is 6.22. The Kier molecular flexibility index (Phi) is 5.11. The Bertz CT molecular complexity index is 1380. The molecular weight excluding hydrogens is 445 g/mol. The molecule has 0 radical (unpaired) electrons. The topological polar surface area (TPSA) is 121 Å². The molecule has 1 saturated heterocycles. The first-order valence-electron chi connectivity index (χ1n) is 10.7. The number of hydrogen-bond acceptors (Lipinski definition) is 8. The van der Waals surface area contributed by atoms with Crippen molar-refractivity contribution >= 4 is 34.3 Å². The van der Waals surface area contributed by atoms with E-state index in [4.69, 9.17) is 4.74 Å². The molecule has 0 aliphatic carbocycles. The van der Waals surface area contributed by atoms with Gasteiger partial charge in [-0.3, -0.25) is 4.79 Å². The van der Waals surface area contributed by atoms with Crippen molar-refractivity contribution in [2.75, 3.05) is 42.6 Å². The first-order chi connectivity index (χ1) is 16.3. The van der Waals surface area contributed by atoms with Gasteiger partial charge in [-0.1, -0.05) is 6.58 Å². The number of carboxylic acid groups (broad SMARTS) is 1. The second-order valence-corrected chi connectivity index (χ2v) is 8.37. The van der Waals surface area contributed by atoms with Crippen LogP contribution in [0, 0.1) is 5.82 Å². The van der Waals surface area contributed by atoms with E-state index in [-0.39, 0.29) is 35.2 Å². The molecule has 10 nitrogen and oxygen atoms in total. The molecule has 0 spiro atoms. The minimum absolute atomic E-state index is 0.0136. The molecular formula is C23H22FN5O5. The van der Waals surface area contributed by atoms with Gasteiger partial charge in [0, 0.05) is 44.8 Å². The first kappa shape index (κ1) is 21.7. The van der Waals surface area contributed by atoms with Crippen molar-refractivity contribution in [1.29, 1.82) is 0 Å². The molecule has 0 saturated carbocycles. The number of benzene rings is 1. The van der Waals surface area contributed by atoms with Gasteiger partial charge in [-0.2, -0.15) is 0 Å². The minimum atomic E-state index is -1.35. The van der Waals surface area contributed by atoms with Gasteiger partial charge in [0.2, 0.25) is 11.4 Å². The highest BCUT2D eigenvalue weighted by Crippen LogP contribution is 2.42. The largest absolute Gasteiger partial charge is 0.508 e. The Morgan fingerprint density at radius 2 is 1.82 bits per heavy atom. The predicted molar refractivity (Wildman–Crippen MR) is 123 cm³/mol. The Labute approximate surface area is 193 Å². The third kappa shape index (κ3) is 3.40. The number of ether oxygens (including phenoxy) is 1. The summed E-state index contributed by atoms with van der Waals surface area (Å²) in [4.78, 5) is 36.6. The standard InChI is InChI=1S/C23H22FN5O5/c1-12-11-34-21-18-15(20(31)16(22(32)33)10-29(12)18)7-17(24)19(21)27-3-5-28(6-4-27)23-25-8-14(9-26-23)13(2)30/h7-10,12,30H,2-6,11H2,1H3,(H,32,33)/t12-/m0/s1. The smallest absolute Gasteiger partial charge is 0.341 e. The van der Waals surface area contributed by atoms with Crippen molar-refractivity contribution in [3.8, 4) is 5.75 Å². The lowest BCUT2D eigenvalue weighted by Gasteiger charge is -2.38. The highest BCUT2D eigenvalue weighted by Gasteiger charge is 2.31. The number of anilines is 2. The number of piperazine rings is 1. The molecule has 1 fully saturated rings. The summed E-state index contributed by atoms with van der Waals surface area (Å²) in [5.74, 6) is -1.36. The number of aromatic carboxylic acids is 1. The monoisotopic (exact) mass is 467 g/mol. The van der Waals surface area contributed by atoms with Crippen LogP contribution in [0.15, 0.2) is 36.0 Å². The van der Waals surface area contributed by atoms with Gasteiger partial charge >= 0.3 is 5.97 Å². The van der Waals surface area contributed by atoms with E-state index in [1.807, 2.05) is 16.7 Å². The number of aliphatic hydroxyl groups excluding tert-OH is 1. The first-order valence-corrected chi connectivity index (χ1v) is 10.7. The van der Waals surface area contributed by atoms with Gasteiger partial charge in [0.1, 0.15) is 23.6 Å². The molecule has 2 aliphatic heterocycles. The second-order valence-electron chi connectivity index (χ2n) is 8.37. The fraction of sp³-hybridized carbons (Fsp3) is 0.304. The van der Waals surface area contributed by atoms with Crippen LogP contribution in [0.4, 0.5) is 16.0 Å². The fourth-order valence-electron chi connectivity index (χ4n) is 4.42. The number of nitrogens with zero attached hydrogens (tertiary/aromatic N) is 5. The highest BCUT2D eigenvalue weighted by atomic mass is 19.1. The number of aliphatic hydroxyl groups is 1. The summed E-state index contributed by atoms with van der Waals surface area (Å²) in [6, 6.07) is 0.885. The van der Waals surface area contributed by atoms with E-state index in [1.54, 1.807) is 4.57 Å². The molecule has 4 heterocycles. The zero-order valence-corrected chi connectivity index (χ0v) is 18.4. The number of carbonyl (C=O) groups is 1. The van der Waals surface area contributed by atoms with Crippen molar-refractivity contribution in [3.05, 3.63) is 58.4 Å². The molecule has 3 aromatic rings. The molecule has 5 rings (SSSR count). The molecule has 2 N–H and O–H groups in total. The van der Waals surface area contributed by atoms with Crippen LogP contribution >= 0.6 is 0 Å². The highest BCUT2D eigenvalue weighted by molar-refractivity contribution is 5.97. The maximum absolute atomic E-state index is 15.4. The van der Waals surface area contributed by atoms with Crippen LogP contribution in [-0.2, 0) is 0 Å². The number of rotatable bonds is 4. The third-order valence-electron chi connectivity index (χ3n) is 6.22. The zero-order chi connectivity index (χ0) is 24.1. The molecule has 0 bridgehead atoms. The van der Waals surface area contributed by atoms with E-state index in [0.29, 0.717) is 43.2 Å². The van der Waals surface area contributed by atoms with Crippen molar-refractivity contribution in [3.63, 3.8) is 0 Å². The summed E-state index contributed by atoms with van der Waals surface area (Å²) in [7, 11) is 0. The molecule has 1 atom stereocenters. The average Bonchev–Trinajstić information content (AvgIpc) is 2.82. The summed E-state index contributed by atoms with van der Waals surface area (Å²) >= 11 is 0. The Hall–Kier alpha value is -4.15. The molecule has 34 heavy (non-hydrogen) atoms. The maximum Gasteiger partial charge on any atom is 0.341 e. The zero-order valence-electron chi connectivity index (χ0n) is 18.4. The van der Waals surface area contributed by atoms with Crippen LogP contribution in [0.1, 0.15) is 28.9 Å². The summed E-state index contributed by atoms with van der Waals surface area (Å²) in [6.45, 7) is 7.43. The molecule has 11 heteroatoms. The summed E-state index contributed by atoms with van der Waals surface area (Å²) in [5, 5.41) is 18.9. The normalized spacial score (nSPS) is 17.5. The second kappa shape index (κ2) is 8.01.